The van der Waals surface area contributed by atoms with E-state index in [2.05, 4.69) is 20.7 Å². The first-order chi connectivity index (χ1) is 12.7. The van der Waals surface area contributed by atoms with Crippen molar-refractivity contribution in [3.63, 3.8) is 0 Å². The van der Waals surface area contributed by atoms with Crippen molar-refractivity contribution in [2.75, 3.05) is 11.9 Å². The molecule has 0 radical (unpaired) electrons. The van der Waals surface area contributed by atoms with E-state index in [0.29, 0.717) is 17.1 Å². The van der Waals surface area contributed by atoms with Gasteiger partial charge in [-0.2, -0.15) is 21.4 Å². The number of ether oxygens (including phenoxy) is 1. The Morgan fingerprint density at radius 1 is 1.31 bits per heavy atom. The molecule has 0 aliphatic rings. The Morgan fingerprint density at radius 2 is 2.15 bits per heavy atom. The van der Waals surface area contributed by atoms with Gasteiger partial charge < -0.3 is 10.1 Å². The van der Waals surface area contributed by atoms with Crippen LogP contribution in [0.15, 0.2) is 41.1 Å². The Kier molecular flexibility index (Phi) is 5.31. The monoisotopic (exact) mass is 368 g/mol. The molecule has 3 rings (SSSR count). The van der Waals surface area contributed by atoms with Gasteiger partial charge in [0.1, 0.15) is 6.07 Å². The molecule has 1 aromatic carbocycles. The van der Waals surface area contributed by atoms with Gasteiger partial charge in [-0.25, -0.2) is 4.79 Å². The molecule has 0 bridgehead atoms. The van der Waals surface area contributed by atoms with E-state index in [1.807, 2.05) is 22.9 Å². The van der Waals surface area contributed by atoms with Gasteiger partial charge in [0.25, 0.3) is 5.91 Å². The molecule has 9 nitrogen and oxygen atoms in total. The third-order valence-corrected chi connectivity index (χ3v) is 3.87. The molecule has 2 aromatic heterocycles. The third kappa shape index (κ3) is 4.28. The number of carbonyl (C=O) groups excluding carboxylic acids is 2. The standard InChI is InChI=1S/C16H12N6O3S/c17-7-11-3-1-2-4-13(11)18-14(23)9-25-15(24)8-22-20-16(19-21-22)12-5-6-26-10-12/h1-6,10H,8-9H2,(H,18,23). The highest BCUT2D eigenvalue weighted by molar-refractivity contribution is 7.08. The van der Waals surface area contributed by atoms with Crippen LogP contribution >= 0.6 is 11.3 Å². The Bertz CT molecular complexity index is 961. The van der Waals surface area contributed by atoms with Crippen molar-refractivity contribution in [1.29, 1.82) is 5.26 Å². The second kappa shape index (κ2) is 8.00. The van der Waals surface area contributed by atoms with Gasteiger partial charge in [-0.1, -0.05) is 12.1 Å². The molecule has 0 fully saturated rings. The van der Waals surface area contributed by atoms with E-state index >= 15 is 0 Å². The minimum absolute atomic E-state index is 0.265. The zero-order valence-electron chi connectivity index (χ0n) is 13.3. The van der Waals surface area contributed by atoms with E-state index < -0.39 is 18.5 Å². The summed E-state index contributed by atoms with van der Waals surface area (Å²) in [4.78, 5) is 24.8. The van der Waals surface area contributed by atoms with Gasteiger partial charge in [0.05, 0.1) is 11.3 Å². The number of benzene rings is 1. The normalized spacial score (nSPS) is 10.1. The van der Waals surface area contributed by atoms with Gasteiger partial charge in [0.2, 0.25) is 5.82 Å². The second-order valence-electron chi connectivity index (χ2n) is 5.02. The summed E-state index contributed by atoms with van der Waals surface area (Å²) in [6, 6.07) is 10.3. The van der Waals surface area contributed by atoms with Crippen LogP contribution in [0, 0.1) is 11.3 Å². The van der Waals surface area contributed by atoms with Crippen LogP contribution in [0.1, 0.15) is 5.56 Å². The summed E-state index contributed by atoms with van der Waals surface area (Å²) in [7, 11) is 0. The lowest BCUT2D eigenvalue weighted by atomic mass is 10.2. The van der Waals surface area contributed by atoms with E-state index in [0.717, 1.165) is 10.4 Å². The first-order valence-electron chi connectivity index (χ1n) is 7.40. The molecule has 0 spiro atoms. The number of tetrazole rings is 1. The van der Waals surface area contributed by atoms with Crippen LogP contribution in [0.2, 0.25) is 0 Å². The second-order valence-corrected chi connectivity index (χ2v) is 5.80. The van der Waals surface area contributed by atoms with E-state index in [4.69, 9.17) is 10.00 Å². The van der Waals surface area contributed by atoms with Crippen molar-refractivity contribution >= 4 is 28.9 Å². The number of nitrogens with one attached hydrogen (secondary N) is 1. The zero-order chi connectivity index (χ0) is 18.4. The summed E-state index contributed by atoms with van der Waals surface area (Å²) < 4.78 is 4.89. The Labute approximate surface area is 151 Å². The molecule has 130 valence electrons. The molecule has 1 N–H and O–H groups in total. The Morgan fingerprint density at radius 3 is 2.92 bits per heavy atom. The molecule has 2 heterocycles. The van der Waals surface area contributed by atoms with Crippen molar-refractivity contribution in [3.05, 3.63) is 46.7 Å². The number of nitriles is 1. The van der Waals surface area contributed by atoms with Gasteiger partial charge in [0, 0.05) is 10.9 Å². The van der Waals surface area contributed by atoms with E-state index in [-0.39, 0.29) is 6.54 Å². The molecule has 1 amide bonds. The molecule has 0 saturated heterocycles. The maximum atomic E-state index is 11.9. The zero-order valence-corrected chi connectivity index (χ0v) is 14.1. The summed E-state index contributed by atoms with van der Waals surface area (Å²) in [5, 5.41) is 26.9. The number of aromatic nitrogens is 4. The van der Waals surface area contributed by atoms with Crippen LogP contribution < -0.4 is 5.32 Å². The number of amides is 1. The summed E-state index contributed by atoms with van der Waals surface area (Å²) in [6.45, 7) is -0.746. The Hall–Kier alpha value is -3.58. The van der Waals surface area contributed by atoms with Crippen LogP contribution in [-0.2, 0) is 20.9 Å². The van der Waals surface area contributed by atoms with Crippen molar-refractivity contribution < 1.29 is 14.3 Å². The van der Waals surface area contributed by atoms with Gasteiger partial charge in [-0.05, 0) is 28.8 Å². The highest BCUT2D eigenvalue weighted by Crippen LogP contribution is 2.16. The molecule has 26 heavy (non-hydrogen) atoms. The summed E-state index contributed by atoms with van der Waals surface area (Å²) >= 11 is 1.50. The van der Waals surface area contributed by atoms with Crippen molar-refractivity contribution in [1.82, 2.24) is 20.2 Å². The largest absolute Gasteiger partial charge is 0.454 e. The van der Waals surface area contributed by atoms with E-state index in [1.54, 1.807) is 24.3 Å². The van der Waals surface area contributed by atoms with Crippen LogP contribution in [-0.4, -0.2) is 38.7 Å². The van der Waals surface area contributed by atoms with Crippen LogP contribution in [0.25, 0.3) is 11.4 Å². The average molecular weight is 368 g/mol. The fraction of sp³-hybridized carbons (Fsp3) is 0.125. The summed E-state index contributed by atoms with van der Waals surface area (Å²) in [5.74, 6) is -0.820. The number of para-hydroxylation sites is 1. The fourth-order valence-corrected chi connectivity index (χ4v) is 2.63. The first kappa shape index (κ1) is 17.2. The molecule has 0 atom stereocenters. The Balaban J connectivity index is 1.50. The molecule has 10 heteroatoms. The topological polar surface area (TPSA) is 123 Å². The molecule has 0 aliphatic heterocycles. The van der Waals surface area contributed by atoms with Gasteiger partial charge in [0.15, 0.2) is 13.2 Å². The molecule has 0 aliphatic carbocycles. The third-order valence-electron chi connectivity index (χ3n) is 3.19. The fourth-order valence-electron chi connectivity index (χ4n) is 2.00. The summed E-state index contributed by atoms with van der Waals surface area (Å²) in [5.41, 5.74) is 1.49. The van der Waals surface area contributed by atoms with Crippen LogP contribution in [0.4, 0.5) is 5.69 Å². The minimum atomic E-state index is -0.678. The molecule has 0 saturated carbocycles. The lowest BCUT2D eigenvalue weighted by molar-refractivity contribution is -0.148. The quantitative estimate of drug-likeness (QED) is 0.653. The molecular formula is C16H12N6O3S. The number of esters is 1. The summed E-state index contributed by atoms with van der Waals surface area (Å²) in [6.07, 6.45) is 0. The molecule has 0 unspecified atom stereocenters. The van der Waals surface area contributed by atoms with Gasteiger partial charge >= 0.3 is 5.97 Å². The number of thiophene rings is 1. The number of carbonyl (C=O) groups is 2. The smallest absolute Gasteiger partial charge is 0.330 e. The number of rotatable bonds is 6. The first-order valence-corrected chi connectivity index (χ1v) is 8.35. The SMILES string of the molecule is N#Cc1ccccc1NC(=O)COC(=O)Cn1nnc(-c2ccsc2)n1. The lowest BCUT2D eigenvalue weighted by Gasteiger charge is -2.07. The van der Waals surface area contributed by atoms with Crippen molar-refractivity contribution in [2.24, 2.45) is 0 Å². The van der Waals surface area contributed by atoms with Gasteiger partial charge in [-0.15, -0.1) is 10.2 Å². The predicted octanol–water partition coefficient (Wildman–Crippen LogP) is 1.46. The average Bonchev–Trinajstić information content (AvgIpc) is 3.32. The number of anilines is 1. The minimum Gasteiger partial charge on any atom is -0.454 e. The van der Waals surface area contributed by atoms with Crippen molar-refractivity contribution in [3.8, 4) is 17.5 Å². The molecular weight excluding hydrogens is 356 g/mol. The van der Waals surface area contributed by atoms with E-state index in [9.17, 15) is 9.59 Å². The molecule has 3 aromatic rings. The number of nitrogens with zero attached hydrogens (tertiary/aromatic N) is 5. The maximum absolute atomic E-state index is 11.9. The van der Waals surface area contributed by atoms with Crippen LogP contribution in [0.3, 0.4) is 0 Å². The number of hydrogen-bond acceptors (Lipinski definition) is 8. The van der Waals surface area contributed by atoms with Gasteiger partial charge in [-0.3, -0.25) is 4.79 Å². The highest BCUT2D eigenvalue weighted by atomic mass is 32.1. The highest BCUT2D eigenvalue weighted by Gasteiger charge is 2.13. The predicted molar refractivity (Wildman–Crippen MR) is 91.9 cm³/mol. The number of hydrogen-bond donors (Lipinski definition) is 1. The maximum Gasteiger partial charge on any atom is 0.330 e. The van der Waals surface area contributed by atoms with Crippen molar-refractivity contribution in [2.45, 2.75) is 6.54 Å². The lowest BCUT2D eigenvalue weighted by Crippen LogP contribution is -2.24. The van der Waals surface area contributed by atoms with E-state index in [1.165, 1.54) is 11.3 Å². The van der Waals surface area contributed by atoms with Crippen LogP contribution in [0.5, 0.6) is 0 Å².